The Morgan fingerprint density at radius 1 is 1.33 bits per heavy atom. The number of imidazole rings is 1. The molecule has 0 fully saturated rings. The lowest BCUT2D eigenvalue weighted by Crippen LogP contribution is -2.11. The third-order valence-corrected chi connectivity index (χ3v) is 3.38. The van der Waals surface area contributed by atoms with Crippen molar-refractivity contribution in [2.24, 2.45) is 0 Å². The Balaban J connectivity index is 2.05. The number of fused-ring (bicyclic) bond motifs is 1. The van der Waals surface area contributed by atoms with Gasteiger partial charge in [-0.3, -0.25) is 4.79 Å². The average Bonchev–Trinajstić information content (AvgIpc) is 2.89. The highest BCUT2D eigenvalue weighted by Crippen LogP contribution is 2.24. The summed E-state index contributed by atoms with van der Waals surface area (Å²) in [5.74, 6) is 1.26. The number of ketones is 1. The van der Waals surface area contributed by atoms with Crippen LogP contribution < -0.4 is 5.73 Å². The molecule has 4 heteroatoms. The molecule has 0 spiro atoms. The Bertz CT molecular complexity index is 611. The number of carbonyl (C=O) groups excluding carboxylic acids is 1. The largest absolute Gasteiger partial charge is 0.382 e. The van der Waals surface area contributed by atoms with Crippen LogP contribution in [0.2, 0.25) is 0 Å². The van der Waals surface area contributed by atoms with Gasteiger partial charge in [0.2, 0.25) is 5.78 Å². The molecule has 0 amide bonds. The molecule has 92 valence electrons. The molecule has 0 radical (unpaired) electrons. The standard InChI is InChI=1S/C14H15N3O/c1-9-4-6-10(7-5-9)13(18)12-14(15)16-11-3-2-8-17(11)12/h4-7H,2-3,8,15H2,1H3. The van der Waals surface area contributed by atoms with E-state index in [1.54, 1.807) is 0 Å². The van der Waals surface area contributed by atoms with Crippen LogP contribution in [0.4, 0.5) is 5.82 Å². The van der Waals surface area contributed by atoms with Crippen molar-refractivity contribution < 1.29 is 4.79 Å². The summed E-state index contributed by atoms with van der Waals surface area (Å²) in [5, 5.41) is 0. The zero-order valence-corrected chi connectivity index (χ0v) is 10.3. The van der Waals surface area contributed by atoms with Gasteiger partial charge in [-0.2, -0.15) is 0 Å². The quantitative estimate of drug-likeness (QED) is 0.817. The number of benzene rings is 1. The van der Waals surface area contributed by atoms with Crippen LogP contribution in [0.15, 0.2) is 24.3 Å². The van der Waals surface area contributed by atoms with Crippen molar-refractivity contribution in [2.45, 2.75) is 26.3 Å². The number of aromatic nitrogens is 2. The molecule has 1 aliphatic heterocycles. The molecule has 0 unspecified atom stereocenters. The van der Waals surface area contributed by atoms with Gasteiger partial charge in [-0.05, 0) is 13.3 Å². The fourth-order valence-electron chi connectivity index (χ4n) is 2.43. The predicted octanol–water partition coefficient (Wildman–Crippen LogP) is 1.95. The highest BCUT2D eigenvalue weighted by molar-refractivity contribution is 6.10. The summed E-state index contributed by atoms with van der Waals surface area (Å²) in [7, 11) is 0. The van der Waals surface area contributed by atoms with E-state index < -0.39 is 0 Å². The molecule has 0 aliphatic carbocycles. The van der Waals surface area contributed by atoms with E-state index in [0.717, 1.165) is 30.8 Å². The second kappa shape index (κ2) is 3.98. The fraction of sp³-hybridized carbons (Fsp3) is 0.286. The van der Waals surface area contributed by atoms with Crippen molar-refractivity contribution in [1.82, 2.24) is 9.55 Å². The molecule has 0 saturated heterocycles. The molecule has 18 heavy (non-hydrogen) atoms. The zero-order chi connectivity index (χ0) is 12.7. The summed E-state index contributed by atoms with van der Waals surface area (Å²) in [5.41, 5.74) is 8.22. The summed E-state index contributed by atoms with van der Waals surface area (Å²) < 4.78 is 1.96. The van der Waals surface area contributed by atoms with Crippen LogP contribution in [-0.2, 0) is 13.0 Å². The van der Waals surface area contributed by atoms with Crippen LogP contribution in [0.1, 0.15) is 33.9 Å². The van der Waals surface area contributed by atoms with Crippen LogP contribution in [0.5, 0.6) is 0 Å². The monoisotopic (exact) mass is 241 g/mol. The van der Waals surface area contributed by atoms with E-state index in [1.165, 1.54) is 0 Å². The molecule has 1 aromatic heterocycles. The molecular weight excluding hydrogens is 226 g/mol. The van der Waals surface area contributed by atoms with Gasteiger partial charge in [0.1, 0.15) is 11.5 Å². The number of hydrogen-bond acceptors (Lipinski definition) is 3. The maximum atomic E-state index is 12.5. The smallest absolute Gasteiger partial charge is 0.213 e. The van der Waals surface area contributed by atoms with Gasteiger partial charge in [0, 0.05) is 18.5 Å². The minimum Gasteiger partial charge on any atom is -0.382 e. The number of aryl methyl sites for hydroxylation is 2. The van der Waals surface area contributed by atoms with E-state index in [4.69, 9.17) is 5.73 Å². The Morgan fingerprint density at radius 2 is 2.06 bits per heavy atom. The maximum absolute atomic E-state index is 12.5. The molecule has 2 N–H and O–H groups in total. The molecule has 1 aromatic carbocycles. The highest BCUT2D eigenvalue weighted by atomic mass is 16.1. The predicted molar refractivity (Wildman–Crippen MR) is 69.6 cm³/mol. The molecule has 0 atom stereocenters. The first-order valence-electron chi connectivity index (χ1n) is 6.13. The summed E-state index contributed by atoms with van der Waals surface area (Å²) >= 11 is 0. The van der Waals surface area contributed by atoms with Gasteiger partial charge in [0.25, 0.3) is 0 Å². The third-order valence-electron chi connectivity index (χ3n) is 3.38. The Labute approximate surface area is 105 Å². The average molecular weight is 241 g/mol. The summed E-state index contributed by atoms with van der Waals surface area (Å²) in [4.78, 5) is 16.7. The first kappa shape index (κ1) is 11.0. The topological polar surface area (TPSA) is 60.9 Å². The maximum Gasteiger partial charge on any atom is 0.213 e. The number of nitrogens with two attached hydrogens (primary N) is 1. The summed E-state index contributed by atoms with van der Waals surface area (Å²) in [6.07, 6.45) is 1.95. The molecule has 1 aliphatic rings. The fourth-order valence-corrected chi connectivity index (χ4v) is 2.43. The lowest BCUT2D eigenvalue weighted by molar-refractivity contribution is 0.103. The van der Waals surface area contributed by atoms with Crippen LogP contribution in [0.3, 0.4) is 0 Å². The number of carbonyl (C=O) groups is 1. The van der Waals surface area contributed by atoms with E-state index in [-0.39, 0.29) is 5.78 Å². The molecular formula is C14H15N3O. The zero-order valence-electron chi connectivity index (χ0n) is 10.3. The Hall–Kier alpha value is -2.10. The third kappa shape index (κ3) is 1.61. The van der Waals surface area contributed by atoms with Crippen molar-refractivity contribution in [1.29, 1.82) is 0 Å². The van der Waals surface area contributed by atoms with E-state index >= 15 is 0 Å². The molecule has 4 nitrogen and oxygen atoms in total. The van der Waals surface area contributed by atoms with Crippen LogP contribution >= 0.6 is 0 Å². The second-order valence-corrected chi connectivity index (χ2v) is 4.71. The van der Waals surface area contributed by atoms with Gasteiger partial charge in [-0.25, -0.2) is 4.98 Å². The Morgan fingerprint density at radius 3 is 2.78 bits per heavy atom. The number of anilines is 1. The first-order valence-corrected chi connectivity index (χ1v) is 6.13. The minimum absolute atomic E-state index is 0.0341. The number of nitrogen functional groups attached to an aromatic ring is 1. The van der Waals surface area contributed by atoms with Crippen molar-refractivity contribution in [3.8, 4) is 0 Å². The van der Waals surface area contributed by atoms with Gasteiger partial charge < -0.3 is 10.3 Å². The van der Waals surface area contributed by atoms with Gasteiger partial charge in [0.15, 0.2) is 5.82 Å². The molecule has 0 saturated carbocycles. The van der Waals surface area contributed by atoms with Gasteiger partial charge in [-0.1, -0.05) is 29.8 Å². The van der Waals surface area contributed by atoms with E-state index in [1.807, 2.05) is 35.8 Å². The van der Waals surface area contributed by atoms with Crippen LogP contribution in [0.25, 0.3) is 0 Å². The van der Waals surface area contributed by atoms with Crippen molar-refractivity contribution in [3.63, 3.8) is 0 Å². The van der Waals surface area contributed by atoms with Gasteiger partial charge in [-0.15, -0.1) is 0 Å². The molecule has 2 heterocycles. The normalized spacial score (nSPS) is 13.6. The van der Waals surface area contributed by atoms with Gasteiger partial charge in [0.05, 0.1) is 0 Å². The van der Waals surface area contributed by atoms with Gasteiger partial charge >= 0.3 is 0 Å². The van der Waals surface area contributed by atoms with E-state index in [0.29, 0.717) is 17.1 Å². The Kier molecular flexibility index (Phi) is 2.44. The number of hydrogen-bond donors (Lipinski definition) is 1. The van der Waals surface area contributed by atoms with E-state index in [2.05, 4.69) is 4.98 Å². The van der Waals surface area contributed by atoms with Crippen LogP contribution in [-0.4, -0.2) is 15.3 Å². The van der Waals surface area contributed by atoms with E-state index in [9.17, 15) is 4.79 Å². The van der Waals surface area contributed by atoms with Crippen molar-refractivity contribution in [3.05, 3.63) is 46.9 Å². The highest BCUT2D eigenvalue weighted by Gasteiger charge is 2.25. The lowest BCUT2D eigenvalue weighted by Gasteiger charge is -2.05. The minimum atomic E-state index is -0.0341. The second-order valence-electron chi connectivity index (χ2n) is 4.71. The summed E-state index contributed by atoms with van der Waals surface area (Å²) in [6, 6.07) is 7.55. The van der Waals surface area contributed by atoms with Crippen molar-refractivity contribution >= 4 is 11.6 Å². The number of nitrogens with zero attached hydrogens (tertiary/aromatic N) is 2. The number of rotatable bonds is 2. The lowest BCUT2D eigenvalue weighted by atomic mass is 10.1. The molecule has 3 rings (SSSR count). The van der Waals surface area contributed by atoms with Crippen LogP contribution in [0, 0.1) is 6.92 Å². The first-order chi connectivity index (χ1) is 8.66. The summed E-state index contributed by atoms with van der Waals surface area (Å²) in [6.45, 7) is 2.84. The van der Waals surface area contributed by atoms with Crippen molar-refractivity contribution in [2.75, 3.05) is 5.73 Å². The SMILES string of the molecule is Cc1ccc(C(=O)c2c(N)nc3n2CCC3)cc1. The molecule has 0 bridgehead atoms. The molecule has 2 aromatic rings.